The number of aliphatic imine (C=N–C) groups is 1. The van der Waals surface area contributed by atoms with Gasteiger partial charge in [0.25, 0.3) is 0 Å². The van der Waals surface area contributed by atoms with Crippen LogP contribution in [0.5, 0.6) is 11.5 Å². The molecule has 0 bridgehead atoms. The van der Waals surface area contributed by atoms with Crippen LogP contribution < -0.4 is 0 Å². The van der Waals surface area contributed by atoms with Crippen molar-refractivity contribution < 1.29 is 19.0 Å². The Kier molecular flexibility index (Phi) is 5.01. The third-order valence-electron chi connectivity index (χ3n) is 3.65. The van der Waals surface area contributed by atoms with Crippen molar-refractivity contribution in [1.82, 2.24) is 4.98 Å². The molecule has 0 saturated carbocycles. The zero-order valence-corrected chi connectivity index (χ0v) is 14.2. The van der Waals surface area contributed by atoms with Gasteiger partial charge in [-0.05, 0) is 42.5 Å². The molecule has 0 spiro atoms. The summed E-state index contributed by atoms with van der Waals surface area (Å²) < 4.78 is 26.5. The maximum absolute atomic E-state index is 13.3. The molecule has 0 amide bonds. The van der Waals surface area contributed by atoms with E-state index in [1.54, 1.807) is 0 Å². The molecule has 0 fully saturated rings. The zero-order valence-electron chi connectivity index (χ0n) is 13.5. The van der Waals surface area contributed by atoms with Crippen molar-refractivity contribution in [1.29, 1.82) is 5.26 Å². The smallest absolute Gasteiger partial charge is 0.164 e. The lowest BCUT2D eigenvalue weighted by Crippen LogP contribution is -2.00. The molecule has 134 valence electrons. The minimum atomic E-state index is -0.818. The summed E-state index contributed by atoms with van der Waals surface area (Å²) in [5, 5.41) is 29.3. The van der Waals surface area contributed by atoms with Gasteiger partial charge in [-0.3, -0.25) is 4.98 Å². The average molecular weight is 386 g/mol. The van der Waals surface area contributed by atoms with E-state index in [9.17, 15) is 24.3 Å². The third-order valence-corrected chi connectivity index (χ3v) is 3.94. The van der Waals surface area contributed by atoms with Crippen LogP contribution in [0.1, 0.15) is 5.56 Å². The minimum Gasteiger partial charge on any atom is -0.505 e. The number of aromatic hydroxyl groups is 2. The van der Waals surface area contributed by atoms with Crippen LogP contribution in [0.15, 0.2) is 53.7 Å². The van der Waals surface area contributed by atoms with Crippen LogP contribution in [0.3, 0.4) is 0 Å². The SMILES string of the molecule is N#CC(=Nc1ccc(F)c(Cl)c1)c1ccnc(-c2ccc(F)c(O)c2)c1O. The topological polar surface area (TPSA) is 89.5 Å². The van der Waals surface area contributed by atoms with Gasteiger partial charge >= 0.3 is 0 Å². The van der Waals surface area contributed by atoms with Crippen molar-refractivity contribution in [2.75, 3.05) is 0 Å². The van der Waals surface area contributed by atoms with E-state index >= 15 is 0 Å². The molecule has 3 aromatic rings. The molecule has 3 rings (SSSR count). The van der Waals surface area contributed by atoms with E-state index in [0.29, 0.717) is 0 Å². The van der Waals surface area contributed by atoms with Crippen molar-refractivity contribution >= 4 is 23.0 Å². The third kappa shape index (κ3) is 3.71. The van der Waals surface area contributed by atoms with Gasteiger partial charge in [0.1, 0.15) is 17.6 Å². The number of pyridine rings is 1. The fourth-order valence-corrected chi connectivity index (χ4v) is 2.52. The van der Waals surface area contributed by atoms with Crippen molar-refractivity contribution in [3.05, 3.63) is 70.9 Å². The summed E-state index contributed by atoms with van der Waals surface area (Å²) in [5.74, 6) is -2.42. The number of phenols is 1. The largest absolute Gasteiger partial charge is 0.505 e. The second-order valence-electron chi connectivity index (χ2n) is 5.39. The molecule has 5 nitrogen and oxygen atoms in total. The Hall–Kier alpha value is -3.50. The summed E-state index contributed by atoms with van der Waals surface area (Å²) in [6.07, 6.45) is 1.33. The Morgan fingerprint density at radius 1 is 1.07 bits per heavy atom. The Morgan fingerprint density at radius 3 is 2.48 bits per heavy atom. The average Bonchev–Trinajstić information content (AvgIpc) is 2.65. The highest BCUT2D eigenvalue weighted by atomic mass is 35.5. The van der Waals surface area contributed by atoms with Crippen LogP contribution in [0.25, 0.3) is 11.3 Å². The molecule has 0 aliphatic heterocycles. The summed E-state index contributed by atoms with van der Waals surface area (Å²) in [6.45, 7) is 0. The second kappa shape index (κ2) is 7.40. The maximum atomic E-state index is 13.3. The Morgan fingerprint density at radius 2 is 1.81 bits per heavy atom. The van der Waals surface area contributed by atoms with E-state index in [1.165, 1.54) is 30.5 Å². The van der Waals surface area contributed by atoms with Gasteiger partial charge in [0.05, 0.1) is 16.3 Å². The van der Waals surface area contributed by atoms with Crippen LogP contribution in [0.2, 0.25) is 5.02 Å². The van der Waals surface area contributed by atoms with Gasteiger partial charge in [0.15, 0.2) is 23.0 Å². The number of phenolic OH excluding ortho intramolecular Hbond substituents is 1. The first-order chi connectivity index (χ1) is 12.9. The molecule has 0 radical (unpaired) electrons. The number of hydrogen-bond acceptors (Lipinski definition) is 5. The number of rotatable bonds is 3. The van der Waals surface area contributed by atoms with Crippen LogP contribution in [-0.4, -0.2) is 20.9 Å². The van der Waals surface area contributed by atoms with Crippen LogP contribution in [0, 0.1) is 23.0 Å². The summed E-state index contributed by atoms with van der Waals surface area (Å²) in [4.78, 5) is 8.09. The first-order valence-electron chi connectivity index (χ1n) is 7.51. The highest BCUT2D eigenvalue weighted by molar-refractivity contribution is 6.31. The number of benzene rings is 2. The lowest BCUT2D eigenvalue weighted by atomic mass is 10.0. The van der Waals surface area contributed by atoms with Gasteiger partial charge < -0.3 is 10.2 Å². The van der Waals surface area contributed by atoms with Gasteiger partial charge in [0, 0.05) is 11.8 Å². The van der Waals surface area contributed by atoms with Gasteiger partial charge in [-0.1, -0.05) is 11.6 Å². The molecular weight excluding hydrogens is 376 g/mol. The summed E-state index contributed by atoms with van der Waals surface area (Å²) >= 11 is 5.71. The van der Waals surface area contributed by atoms with Gasteiger partial charge in [-0.2, -0.15) is 5.26 Å². The number of nitriles is 1. The molecule has 0 saturated heterocycles. The number of hydrogen-bond donors (Lipinski definition) is 2. The fraction of sp³-hybridized carbons (Fsp3) is 0. The number of aromatic nitrogens is 1. The molecule has 0 aliphatic rings. The van der Waals surface area contributed by atoms with E-state index in [0.717, 1.165) is 18.2 Å². The van der Waals surface area contributed by atoms with Gasteiger partial charge in [-0.25, -0.2) is 13.8 Å². The minimum absolute atomic E-state index is 0.0305. The lowest BCUT2D eigenvalue weighted by Gasteiger charge is -2.09. The van der Waals surface area contributed by atoms with Crippen molar-refractivity contribution in [3.8, 4) is 28.8 Å². The zero-order chi connectivity index (χ0) is 19.6. The molecule has 27 heavy (non-hydrogen) atoms. The number of nitrogens with zero attached hydrogens (tertiary/aromatic N) is 3. The second-order valence-corrected chi connectivity index (χ2v) is 5.80. The molecule has 8 heteroatoms. The van der Waals surface area contributed by atoms with Crippen molar-refractivity contribution in [3.63, 3.8) is 0 Å². The molecule has 2 aromatic carbocycles. The van der Waals surface area contributed by atoms with E-state index in [2.05, 4.69) is 9.98 Å². The first kappa shape index (κ1) is 18.3. The van der Waals surface area contributed by atoms with Crippen LogP contribution >= 0.6 is 11.6 Å². The normalized spacial score (nSPS) is 11.3. The fourth-order valence-electron chi connectivity index (χ4n) is 2.35. The predicted molar refractivity (Wildman–Crippen MR) is 96.2 cm³/mol. The van der Waals surface area contributed by atoms with Crippen molar-refractivity contribution in [2.24, 2.45) is 4.99 Å². The summed E-state index contributed by atoms with van der Waals surface area (Å²) in [6, 6.07) is 10.4. The monoisotopic (exact) mass is 385 g/mol. The molecule has 0 unspecified atom stereocenters. The molecule has 0 aliphatic carbocycles. The Bertz CT molecular complexity index is 1110. The van der Waals surface area contributed by atoms with Crippen molar-refractivity contribution in [2.45, 2.75) is 0 Å². The van der Waals surface area contributed by atoms with E-state index < -0.39 is 17.4 Å². The quantitative estimate of drug-likeness (QED) is 0.637. The standard InChI is InChI=1S/C19H10ClF2N3O2/c20-13-8-11(2-4-14(13)21)25-16(9-23)12-5-6-24-18(19(12)27)10-1-3-15(22)17(26)7-10/h1-8,26-27H. The molecule has 2 N–H and O–H groups in total. The van der Waals surface area contributed by atoms with E-state index in [1.807, 2.05) is 6.07 Å². The van der Waals surface area contributed by atoms with E-state index in [-0.39, 0.29) is 39.0 Å². The number of halogens is 3. The maximum Gasteiger partial charge on any atom is 0.164 e. The highest BCUT2D eigenvalue weighted by Gasteiger charge is 2.16. The molecular formula is C19H10ClF2N3O2. The molecule has 1 heterocycles. The van der Waals surface area contributed by atoms with Gasteiger partial charge in [0.2, 0.25) is 0 Å². The van der Waals surface area contributed by atoms with Crippen LogP contribution in [-0.2, 0) is 0 Å². The Balaban J connectivity index is 2.10. The summed E-state index contributed by atoms with van der Waals surface area (Å²) in [5.41, 5.74) is 0.394. The van der Waals surface area contributed by atoms with E-state index in [4.69, 9.17) is 11.6 Å². The van der Waals surface area contributed by atoms with Gasteiger partial charge in [-0.15, -0.1) is 0 Å². The van der Waals surface area contributed by atoms with Crippen LogP contribution in [0.4, 0.5) is 14.5 Å². The highest BCUT2D eigenvalue weighted by Crippen LogP contribution is 2.33. The predicted octanol–water partition coefficient (Wildman–Crippen LogP) is 4.74. The molecule has 1 aromatic heterocycles. The lowest BCUT2D eigenvalue weighted by molar-refractivity contribution is 0.432. The first-order valence-corrected chi connectivity index (χ1v) is 7.89. The molecule has 0 atom stereocenters. The summed E-state index contributed by atoms with van der Waals surface area (Å²) in [7, 11) is 0. The Labute approximate surface area is 157 Å².